The van der Waals surface area contributed by atoms with Gasteiger partial charge >= 0.3 is 5.69 Å². The SMILES string of the molecule is Cn1cc(CN2CCOCC2)c2cc([N+](=O)O)ccc21. The van der Waals surface area contributed by atoms with Crippen LogP contribution in [0, 0.1) is 4.91 Å². The Balaban J connectivity index is 1.96. The molecule has 3 rings (SSSR count). The van der Waals surface area contributed by atoms with E-state index in [9.17, 15) is 4.91 Å². The predicted octanol–water partition coefficient (Wildman–Crippen LogP) is 1.81. The van der Waals surface area contributed by atoms with Crippen molar-refractivity contribution in [3.63, 3.8) is 0 Å². The van der Waals surface area contributed by atoms with E-state index in [0.717, 1.165) is 49.3 Å². The Morgan fingerprint density at radius 1 is 1.35 bits per heavy atom. The second kappa shape index (κ2) is 5.22. The lowest BCUT2D eigenvalue weighted by Crippen LogP contribution is -2.35. The number of morpholine rings is 1. The lowest BCUT2D eigenvalue weighted by molar-refractivity contribution is -0.729. The maximum absolute atomic E-state index is 11.0. The molecule has 2 aromatic rings. The van der Waals surface area contributed by atoms with Crippen LogP contribution in [0.15, 0.2) is 24.4 Å². The summed E-state index contributed by atoms with van der Waals surface area (Å²) >= 11 is 0. The van der Waals surface area contributed by atoms with Crippen LogP contribution in [0.5, 0.6) is 0 Å². The molecule has 1 N–H and O–H groups in total. The van der Waals surface area contributed by atoms with Crippen LogP contribution in [-0.2, 0) is 18.3 Å². The van der Waals surface area contributed by atoms with Crippen LogP contribution in [-0.4, -0.2) is 45.9 Å². The van der Waals surface area contributed by atoms with Gasteiger partial charge in [0.15, 0.2) is 0 Å². The maximum atomic E-state index is 11.0. The number of fused-ring (bicyclic) bond motifs is 1. The van der Waals surface area contributed by atoms with E-state index in [1.165, 1.54) is 0 Å². The maximum Gasteiger partial charge on any atom is 0.317 e. The van der Waals surface area contributed by atoms with Gasteiger partial charge < -0.3 is 9.30 Å². The van der Waals surface area contributed by atoms with Crippen molar-refractivity contribution in [2.75, 3.05) is 26.3 Å². The molecule has 1 aliphatic rings. The van der Waals surface area contributed by atoms with Gasteiger partial charge in [-0.05, 0) is 11.6 Å². The van der Waals surface area contributed by atoms with E-state index in [2.05, 4.69) is 11.1 Å². The summed E-state index contributed by atoms with van der Waals surface area (Å²) in [6, 6.07) is 5.21. The number of aryl methyl sites for hydroxylation is 1. The quantitative estimate of drug-likeness (QED) is 0.869. The number of benzene rings is 1. The van der Waals surface area contributed by atoms with Gasteiger partial charge in [-0.25, -0.2) is 5.21 Å². The molecule has 0 aliphatic carbocycles. The highest BCUT2D eigenvalue weighted by Gasteiger charge is 2.18. The molecule has 20 heavy (non-hydrogen) atoms. The summed E-state index contributed by atoms with van der Waals surface area (Å²) < 4.78 is 7.40. The first-order valence-electron chi connectivity index (χ1n) is 6.69. The van der Waals surface area contributed by atoms with Crippen LogP contribution in [0.3, 0.4) is 0 Å². The van der Waals surface area contributed by atoms with Gasteiger partial charge in [-0.3, -0.25) is 4.90 Å². The molecule has 0 spiro atoms. The standard InChI is InChI=1S/C14H18N3O3/c1-15-9-11(10-16-4-6-20-7-5-16)13-8-12(17(18)19)2-3-14(13)15/h2-3,8-9H,4-7,10H2,1H3,(H,18,19)/q+1. The topological polar surface area (TPSA) is 57.7 Å². The molecule has 106 valence electrons. The third-order valence-electron chi connectivity index (χ3n) is 3.77. The first-order valence-corrected chi connectivity index (χ1v) is 6.69. The molecule has 0 atom stereocenters. The summed E-state index contributed by atoms with van der Waals surface area (Å²) in [4.78, 5) is 13.3. The Morgan fingerprint density at radius 2 is 2.10 bits per heavy atom. The van der Waals surface area contributed by atoms with Gasteiger partial charge in [0.05, 0.1) is 18.1 Å². The molecule has 0 amide bonds. The summed E-state index contributed by atoms with van der Waals surface area (Å²) in [7, 11) is 1.98. The summed E-state index contributed by atoms with van der Waals surface area (Å²) in [5, 5.41) is 10.1. The molecule has 1 fully saturated rings. The lowest BCUT2D eigenvalue weighted by atomic mass is 10.1. The third-order valence-corrected chi connectivity index (χ3v) is 3.77. The number of hydrogen-bond donors (Lipinski definition) is 1. The first-order chi connectivity index (χ1) is 9.65. The van der Waals surface area contributed by atoms with Gasteiger partial charge in [0.1, 0.15) is 0 Å². The number of aromatic nitrogens is 1. The molecule has 6 nitrogen and oxygen atoms in total. The fraction of sp³-hybridized carbons (Fsp3) is 0.429. The van der Waals surface area contributed by atoms with Gasteiger partial charge in [0, 0.05) is 55.9 Å². The summed E-state index contributed by atoms with van der Waals surface area (Å²) in [6.07, 6.45) is 2.08. The van der Waals surface area contributed by atoms with E-state index in [1.807, 2.05) is 17.7 Å². The van der Waals surface area contributed by atoms with E-state index >= 15 is 0 Å². The van der Waals surface area contributed by atoms with E-state index < -0.39 is 0 Å². The number of nitrogens with zero attached hydrogens (tertiary/aromatic N) is 3. The summed E-state index contributed by atoms with van der Waals surface area (Å²) in [5.41, 5.74) is 2.47. The molecule has 0 radical (unpaired) electrons. The second-order valence-electron chi connectivity index (χ2n) is 5.13. The highest BCUT2D eigenvalue weighted by Crippen LogP contribution is 2.26. The van der Waals surface area contributed by atoms with Crippen molar-refractivity contribution >= 4 is 16.6 Å². The minimum absolute atomic E-state index is 0.0923. The molecule has 0 bridgehead atoms. The van der Waals surface area contributed by atoms with E-state index in [-0.39, 0.29) is 10.6 Å². The van der Waals surface area contributed by atoms with Crippen LogP contribution in [0.2, 0.25) is 0 Å². The van der Waals surface area contributed by atoms with Crippen LogP contribution in [0.4, 0.5) is 5.69 Å². The normalized spacial score (nSPS) is 16.6. The number of ether oxygens (including phenoxy) is 1. The average Bonchev–Trinajstić information content (AvgIpc) is 2.76. The van der Waals surface area contributed by atoms with Gasteiger partial charge in [-0.2, -0.15) is 0 Å². The van der Waals surface area contributed by atoms with Crippen molar-refractivity contribution in [3.05, 3.63) is 34.9 Å². The minimum Gasteiger partial charge on any atom is -0.379 e. The second-order valence-corrected chi connectivity index (χ2v) is 5.13. The first kappa shape index (κ1) is 13.1. The van der Waals surface area contributed by atoms with Crippen LogP contribution in [0.25, 0.3) is 10.9 Å². The minimum atomic E-state index is -0.0923. The Bertz CT molecular complexity index is 644. The lowest BCUT2D eigenvalue weighted by Gasteiger charge is -2.26. The largest absolute Gasteiger partial charge is 0.379 e. The molecule has 1 aromatic heterocycles. The summed E-state index contributed by atoms with van der Waals surface area (Å²) in [5.74, 6) is 0. The fourth-order valence-electron chi connectivity index (χ4n) is 2.71. The van der Waals surface area contributed by atoms with Crippen LogP contribution >= 0.6 is 0 Å². The molecule has 1 aliphatic heterocycles. The highest BCUT2D eigenvalue weighted by molar-refractivity contribution is 5.86. The van der Waals surface area contributed by atoms with Gasteiger partial charge in [-0.15, -0.1) is 0 Å². The smallest absolute Gasteiger partial charge is 0.317 e. The Kier molecular flexibility index (Phi) is 3.42. The number of rotatable bonds is 3. The molecular weight excluding hydrogens is 258 g/mol. The van der Waals surface area contributed by atoms with E-state index in [1.54, 1.807) is 12.1 Å². The predicted molar refractivity (Wildman–Crippen MR) is 74.1 cm³/mol. The Morgan fingerprint density at radius 3 is 2.80 bits per heavy atom. The molecule has 1 saturated heterocycles. The molecule has 0 unspecified atom stereocenters. The molecule has 6 heteroatoms. The molecular formula is C14H18N3O3+. The van der Waals surface area contributed by atoms with Crippen LogP contribution < -0.4 is 0 Å². The third kappa shape index (κ3) is 2.39. The number of hydrogen-bond acceptors (Lipinski definition) is 3. The Hall–Kier alpha value is -1.92. The van der Waals surface area contributed by atoms with Crippen molar-refractivity contribution in [1.29, 1.82) is 0 Å². The molecule has 0 saturated carbocycles. The Labute approximate surface area is 116 Å². The monoisotopic (exact) mass is 276 g/mol. The van der Waals surface area contributed by atoms with E-state index in [4.69, 9.17) is 9.94 Å². The van der Waals surface area contributed by atoms with E-state index in [0.29, 0.717) is 0 Å². The van der Waals surface area contributed by atoms with Crippen LogP contribution in [0.1, 0.15) is 5.56 Å². The van der Waals surface area contributed by atoms with Gasteiger partial charge in [-0.1, -0.05) is 0 Å². The highest BCUT2D eigenvalue weighted by atomic mass is 16.6. The van der Waals surface area contributed by atoms with Crippen molar-refractivity contribution in [1.82, 2.24) is 9.47 Å². The zero-order valence-corrected chi connectivity index (χ0v) is 11.5. The zero-order chi connectivity index (χ0) is 14.1. The fourth-order valence-corrected chi connectivity index (χ4v) is 2.71. The van der Waals surface area contributed by atoms with Crippen molar-refractivity contribution in [3.8, 4) is 0 Å². The van der Waals surface area contributed by atoms with Crippen molar-refractivity contribution in [2.45, 2.75) is 6.54 Å². The molecule has 1 aromatic carbocycles. The molecule has 2 heterocycles. The average molecular weight is 276 g/mol. The summed E-state index contributed by atoms with van der Waals surface area (Å²) in [6.45, 7) is 4.20. The van der Waals surface area contributed by atoms with Crippen molar-refractivity contribution in [2.24, 2.45) is 7.05 Å². The van der Waals surface area contributed by atoms with Gasteiger partial charge in [0.25, 0.3) is 4.92 Å². The van der Waals surface area contributed by atoms with Crippen molar-refractivity contribution < 1.29 is 14.9 Å². The van der Waals surface area contributed by atoms with Gasteiger partial charge in [0.2, 0.25) is 0 Å². The zero-order valence-electron chi connectivity index (χ0n) is 11.5.